The molecule has 3 aromatic rings. The number of aromatic nitrogens is 1. The number of alkyl halides is 3. The SMILES string of the molecule is Nc1ccc(N2CCCCC2)cc1C(=O)CNc1nc(-c2cccc(C(F)(F)F)c2)cs1. The number of ketones is 1. The van der Waals surface area contributed by atoms with Gasteiger partial charge in [0.05, 0.1) is 17.8 Å². The fourth-order valence-electron chi connectivity index (χ4n) is 3.73. The van der Waals surface area contributed by atoms with Gasteiger partial charge in [-0.15, -0.1) is 11.3 Å². The highest BCUT2D eigenvalue weighted by Crippen LogP contribution is 2.33. The van der Waals surface area contributed by atoms with Crippen molar-refractivity contribution in [1.82, 2.24) is 4.98 Å². The third-order valence-corrected chi connectivity index (χ3v) is 6.25. The lowest BCUT2D eigenvalue weighted by molar-refractivity contribution is -0.137. The maximum Gasteiger partial charge on any atom is 0.416 e. The predicted molar refractivity (Wildman–Crippen MR) is 122 cm³/mol. The Hall–Kier alpha value is -3.07. The zero-order chi connectivity index (χ0) is 22.7. The molecule has 2 aromatic carbocycles. The van der Waals surface area contributed by atoms with Crippen LogP contribution in [-0.2, 0) is 6.18 Å². The first-order valence-corrected chi connectivity index (χ1v) is 11.2. The zero-order valence-electron chi connectivity index (χ0n) is 17.3. The number of nitrogens with one attached hydrogen (secondary N) is 1. The summed E-state index contributed by atoms with van der Waals surface area (Å²) in [6.45, 7) is 1.92. The molecule has 1 fully saturated rings. The number of carbonyl (C=O) groups excluding carboxylic acids is 1. The molecule has 1 saturated heterocycles. The summed E-state index contributed by atoms with van der Waals surface area (Å²) in [6, 6.07) is 10.5. The molecule has 0 saturated carbocycles. The second-order valence-electron chi connectivity index (χ2n) is 7.71. The van der Waals surface area contributed by atoms with Gasteiger partial charge in [0.15, 0.2) is 10.9 Å². The minimum absolute atomic E-state index is 0.0107. The Bertz CT molecular complexity index is 1110. The zero-order valence-corrected chi connectivity index (χ0v) is 18.1. The van der Waals surface area contributed by atoms with Gasteiger partial charge in [-0.2, -0.15) is 13.2 Å². The number of rotatable bonds is 6. The van der Waals surface area contributed by atoms with Crippen LogP contribution in [0.5, 0.6) is 0 Å². The Kier molecular flexibility index (Phi) is 6.36. The average Bonchev–Trinajstić information content (AvgIpc) is 3.27. The van der Waals surface area contributed by atoms with Crippen molar-refractivity contribution in [3.63, 3.8) is 0 Å². The second kappa shape index (κ2) is 9.20. The van der Waals surface area contributed by atoms with E-state index in [-0.39, 0.29) is 12.3 Å². The van der Waals surface area contributed by atoms with Crippen molar-refractivity contribution < 1.29 is 18.0 Å². The summed E-state index contributed by atoms with van der Waals surface area (Å²) in [4.78, 5) is 19.4. The lowest BCUT2D eigenvalue weighted by Gasteiger charge is -2.29. The van der Waals surface area contributed by atoms with E-state index in [0.29, 0.717) is 27.6 Å². The molecule has 1 aliphatic rings. The highest BCUT2D eigenvalue weighted by atomic mass is 32.1. The molecule has 32 heavy (non-hydrogen) atoms. The molecular formula is C23H23F3N4OS. The van der Waals surface area contributed by atoms with Crippen LogP contribution in [0.2, 0.25) is 0 Å². The van der Waals surface area contributed by atoms with Crippen LogP contribution in [0.15, 0.2) is 47.8 Å². The van der Waals surface area contributed by atoms with E-state index < -0.39 is 11.7 Å². The predicted octanol–water partition coefficient (Wildman–Crippen LogP) is 5.70. The summed E-state index contributed by atoms with van der Waals surface area (Å²) in [5.74, 6) is -0.169. The normalized spacial score (nSPS) is 14.4. The van der Waals surface area contributed by atoms with E-state index in [2.05, 4.69) is 15.2 Å². The number of anilines is 3. The van der Waals surface area contributed by atoms with E-state index in [0.717, 1.165) is 43.8 Å². The lowest BCUT2D eigenvalue weighted by Crippen LogP contribution is -2.29. The molecule has 9 heteroatoms. The third kappa shape index (κ3) is 5.04. The van der Waals surface area contributed by atoms with E-state index in [1.165, 1.54) is 23.8 Å². The summed E-state index contributed by atoms with van der Waals surface area (Å²) in [5.41, 5.74) is 7.97. The van der Waals surface area contributed by atoms with Crippen LogP contribution < -0.4 is 16.0 Å². The molecule has 0 bridgehead atoms. The van der Waals surface area contributed by atoms with Crippen LogP contribution in [0.1, 0.15) is 35.2 Å². The Morgan fingerprint density at radius 3 is 2.66 bits per heavy atom. The van der Waals surface area contributed by atoms with Crippen molar-refractivity contribution in [2.45, 2.75) is 25.4 Å². The number of hydrogen-bond acceptors (Lipinski definition) is 6. The Balaban J connectivity index is 1.44. The summed E-state index contributed by atoms with van der Waals surface area (Å²) < 4.78 is 38.9. The molecule has 2 heterocycles. The van der Waals surface area contributed by atoms with Crippen molar-refractivity contribution >= 4 is 33.6 Å². The van der Waals surface area contributed by atoms with Crippen molar-refractivity contribution in [2.75, 3.05) is 35.6 Å². The van der Waals surface area contributed by atoms with Gasteiger partial charge in [0.1, 0.15) is 0 Å². The Labute approximate surface area is 188 Å². The van der Waals surface area contributed by atoms with Crippen LogP contribution in [-0.4, -0.2) is 30.4 Å². The maximum absolute atomic E-state index is 13.0. The molecule has 3 N–H and O–H groups in total. The smallest absolute Gasteiger partial charge is 0.398 e. The number of Topliss-reactive ketones (excluding diaryl/α,β-unsaturated/α-hetero) is 1. The summed E-state index contributed by atoms with van der Waals surface area (Å²) in [5, 5.41) is 5.09. The highest BCUT2D eigenvalue weighted by molar-refractivity contribution is 7.14. The fourth-order valence-corrected chi connectivity index (χ4v) is 4.45. The van der Waals surface area contributed by atoms with Crippen LogP contribution >= 0.6 is 11.3 Å². The molecule has 1 aromatic heterocycles. The number of benzene rings is 2. The van der Waals surface area contributed by atoms with Crippen molar-refractivity contribution in [3.8, 4) is 11.3 Å². The summed E-state index contributed by atoms with van der Waals surface area (Å²) >= 11 is 1.23. The summed E-state index contributed by atoms with van der Waals surface area (Å²) in [6.07, 6.45) is -0.930. The van der Waals surface area contributed by atoms with Crippen molar-refractivity contribution in [1.29, 1.82) is 0 Å². The van der Waals surface area contributed by atoms with Crippen molar-refractivity contribution in [2.24, 2.45) is 0 Å². The number of hydrogen-bond donors (Lipinski definition) is 2. The molecule has 4 rings (SSSR count). The molecule has 1 aliphatic heterocycles. The highest BCUT2D eigenvalue weighted by Gasteiger charge is 2.30. The maximum atomic E-state index is 13.0. The van der Waals surface area contributed by atoms with Gasteiger partial charge in [0.25, 0.3) is 0 Å². The number of nitrogens with two attached hydrogens (primary N) is 1. The number of nitrogens with zero attached hydrogens (tertiary/aromatic N) is 2. The van der Waals surface area contributed by atoms with Gasteiger partial charge in [-0.3, -0.25) is 4.79 Å². The van der Waals surface area contributed by atoms with Crippen LogP contribution in [0, 0.1) is 0 Å². The van der Waals surface area contributed by atoms with Gasteiger partial charge in [0.2, 0.25) is 0 Å². The second-order valence-corrected chi connectivity index (χ2v) is 8.57. The number of halogens is 3. The molecule has 0 aliphatic carbocycles. The molecule has 0 unspecified atom stereocenters. The van der Waals surface area contributed by atoms with E-state index in [1.807, 2.05) is 12.1 Å². The fraction of sp³-hybridized carbons (Fsp3) is 0.304. The molecule has 0 spiro atoms. The van der Waals surface area contributed by atoms with Gasteiger partial charge in [-0.05, 0) is 49.6 Å². The van der Waals surface area contributed by atoms with Crippen LogP contribution in [0.25, 0.3) is 11.3 Å². The van der Waals surface area contributed by atoms with Crippen LogP contribution in [0.4, 0.5) is 29.7 Å². The number of nitrogen functional groups attached to an aromatic ring is 1. The van der Waals surface area contributed by atoms with Gasteiger partial charge >= 0.3 is 6.18 Å². The van der Waals surface area contributed by atoms with Gasteiger partial charge < -0.3 is 16.0 Å². The van der Waals surface area contributed by atoms with Gasteiger partial charge in [0, 0.05) is 41.0 Å². The minimum atomic E-state index is -4.41. The molecule has 0 radical (unpaired) electrons. The third-order valence-electron chi connectivity index (χ3n) is 5.45. The lowest BCUT2D eigenvalue weighted by atomic mass is 10.1. The quantitative estimate of drug-likeness (QED) is 0.365. The summed E-state index contributed by atoms with van der Waals surface area (Å²) in [7, 11) is 0. The number of carbonyl (C=O) groups is 1. The van der Waals surface area contributed by atoms with Crippen molar-refractivity contribution in [3.05, 3.63) is 59.0 Å². The number of thiazole rings is 1. The van der Waals surface area contributed by atoms with E-state index >= 15 is 0 Å². The molecule has 168 valence electrons. The van der Waals surface area contributed by atoms with Crippen LogP contribution in [0.3, 0.4) is 0 Å². The van der Waals surface area contributed by atoms with Gasteiger partial charge in [-0.25, -0.2) is 4.98 Å². The van der Waals surface area contributed by atoms with E-state index in [9.17, 15) is 18.0 Å². The molecule has 0 atom stereocenters. The number of piperidine rings is 1. The van der Waals surface area contributed by atoms with Gasteiger partial charge in [-0.1, -0.05) is 12.1 Å². The monoisotopic (exact) mass is 460 g/mol. The Morgan fingerprint density at radius 2 is 1.91 bits per heavy atom. The molecule has 5 nitrogen and oxygen atoms in total. The largest absolute Gasteiger partial charge is 0.416 e. The minimum Gasteiger partial charge on any atom is -0.398 e. The topological polar surface area (TPSA) is 71.2 Å². The Morgan fingerprint density at radius 1 is 1.12 bits per heavy atom. The molecule has 0 amide bonds. The van der Waals surface area contributed by atoms with E-state index in [4.69, 9.17) is 5.73 Å². The first-order valence-electron chi connectivity index (χ1n) is 10.4. The standard InChI is InChI=1S/C23H23F3N4OS/c24-23(25,26)16-6-4-5-15(11-16)20-14-32-22(29-20)28-13-21(31)18-12-17(7-8-19(18)27)30-9-2-1-3-10-30/h4-8,11-12,14H,1-3,9-10,13,27H2,(H,28,29). The average molecular weight is 461 g/mol. The first kappa shape index (κ1) is 22.1. The molecular weight excluding hydrogens is 437 g/mol. The van der Waals surface area contributed by atoms with E-state index in [1.54, 1.807) is 17.5 Å². The first-order chi connectivity index (χ1) is 15.3.